The van der Waals surface area contributed by atoms with E-state index >= 15 is 0 Å². The lowest BCUT2D eigenvalue weighted by Gasteiger charge is -2.28. The van der Waals surface area contributed by atoms with E-state index in [1.165, 1.54) is 89.9 Å². The number of carbonyl (C=O) groups is 2. The topological polar surface area (TPSA) is 63.6 Å². The summed E-state index contributed by atoms with van der Waals surface area (Å²) in [7, 11) is 5.91. The van der Waals surface area contributed by atoms with Crippen molar-refractivity contribution in [1.82, 2.24) is 0 Å². The molecule has 5 nitrogen and oxygen atoms in total. The molecule has 0 aliphatic heterocycles. The van der Waals surface area contributed by atoms with Crippen molar-refractivity contribution in [2.45, 2.75) is 135 Å². The van der Waals surface area contributed by atoms with Crippen molar-refractivity contribution in [3.05, 3.63) is 12.2 Å². The number of quaternary nitrogens is 1. The Kier molecular flexibility index (Phi) is 21.2. The monoisotopic (exact) mass is 482 g/mol. The number of hydrogen-bond donors (Lipinski definition) is 1. The summed E-state index contributed by atoms with van der Waals surface area (Å²) in [5.41, 5.74) is 0. The number of carbonyl (C=O) groups excluding carboxylic acids is 1. The van der Waals surface area contributed by atoms with Crippen LogP contribution < -0.4 is 0 Å². The molecule has 0 rings (SSSR count). The fourth-order valence-corrected chi connectivity index (χ4v) is 4.24. The third-order valence-electron chi connectivity index (χ3n) is 6.09. The molecule has 0 aromatic heterocycles. The van der Waals surface area contributed by atoms with Gasteiger partial charge in [0.2, 0.25) is 0 Å². The minimum Gasteiger partial charge on any atom is -0.481 e. The molecular weight excluding hydrogens is 426 g/mol. The molecule has 0 aromatic carbocycles. The molecule has 0 fully saturated rings. The molecule has 0 unspecified atom stereocenters. The number of ether oxygens (including phenoxy) is 1. The molecule has 0 radical (unpaired) electrons. The fraction of sp³-hybridized carbons (Fsp3) is 0.862. The zero-order valence-electron chi connectivity index (χ0n) is 23.0. The molecule has 0 amide bonds. The van der Waals surface area contributed by atoms with E-state index in [1.807, 2.05) is 21.1 Å². The summed E-state index contributed by atoms with van der Waals surface area (Å²) in [5.74, 6) is -1.19. The van der Waals surface area contributed by atoms with Crippen molar-refractivity contribution in [1.29, 1.82) is 0 Å². The van der Waals surface area contributed by atoms with Gasteiger partial charge in [-0.15, -0.1) is 0 Å². The van der Waals surface area contributed by atoms with Gasteiger partial charge < -0.3 is 14.3 Å². The van der Waals surface area contributed by atoms with Gasteiger partial charge in [0.05, 0.1) is 27.6 Å². The van der Waals surface area contributed by atoms with Crippen LogP contribution in [0.25, 0.3) is 0 Å². The summed E-state index contributed by atoms with van der Waals surface area (Å²) < 4.78 is 6.00. The van der Waals surface area contributed by atoms with Crippen LogP contribution in [0.15, 0.2) is 12.2 Å². The lowest BCUT2D eigenvalue weighted by Crippen LogP contribution is -2.43. The van der Waals surface area contributed by atoms with Crippen molar-refractivity contribution in [3.8, 4) is 0 Å². The van der Waals surface area contributed by atoms with Gasteiger partial charge in [0.25, 0.3) is 0 Å². The molecule has 200 valence electrons. The fourth-order valence-electron chi connectivity index (χ4n) is 4.24. The third-order valence-corrected chi connectivity index (χ3v) is 6.09. The molecular formula is C29H56NO4+. The number of nitrogens with zero attached hydrogens (tertiary/aromatic N) is 1. The summed E-state index contributed by atoms with van der Waals surface area (Å²) in [6.45, 7) is 2.78. The Morgan fingerprint density at radius 2 is 1.18 bits per heavy atom. The zero-order chi connectivity index (χ0) is 25.5. The molecule has 0 saturated heterocycles. The molecule has 0 heterocycles. The van der Waals surface area contributed by atoms with E-state index in [0.29, 0.717) is 17.4 Å². The second-order valence-electron chi connectivity index (χ2n) is 10.9. The van der Waals surface area contributed by atoms with Crippen molar-refractivity contribution >= 4 is 11.9 Å². The quantitative estimate of drug-likeness (QED) is 0.0663. The van der Waals surface area contributed by atoms with Gasteiger partial charge in [0.15, 0.2) is 6.10 Å². The second-order valence-corrected chi connectivity index (χ2v) is 10.9. The molecule has 0 saturated carbocycles. The Morgan fingerprint density at radius 1 is 0.735 bits per heavy atom. The number of esters is 1. The molecule has 5 heteroatoms. The maximum Gasteiger partial charge on any atom is 0.307 e. The molecule has 0 bridgehead atoms. The molecule has 1 atom stereocenters. The highest BCUT2D eigenvalue weighted by Crippen LogP contribution is 2.13. The van der Waals surface area contributed by atoms with E-state index in [0.717, 1.165) is 19.3 Å². The maximum absolute atomic E-state index is 12.1. The summed E-state index contributed by atoms with van der Waals surface area (Å²) >= 11 is 0. The van der Waals surface area contributed by atoms with E-state index in [-0.39, 0.29) is 12.4 Å². The highest BCUT2D eigenvalue weighted by Gasteiger charge is 2.24. The van der Waals surface area contributed by atoms with E-state index in [4.69, 9.17) is 9.84 Å². The van der Waals surface area contributed by atoms with Crippen LogP contribution in [0.2, 0.25) is 0 Å². The lowest BCUT2D eigenvalue weighted by molar-refractivity contribution is -0.873. The smallest absolute Gasteiger partial charge is 0.307 e. The van der Waals surface area contributed by atoms with Crippen LogP contribution in [-0.2, 0) is 14.3 Å². The number of aliphatic carboxylic acids is 1. The predicted molar refractivity (Wildman–Crippen MR) is 143 cm³/mol. The highest BCUT2D eigenvalue weighted by atomic mass is 16.5. The van der Waals surface area contributed by atoms with E-state index in [1.54, 1.807) is 0 Å². The first-order valence-electron chi connectivity index (χ1n) is 14.1. The molecule has 0 spiro atoms. The molecule has 34 heavy (non-hydrogen) atoms. The number of likely N-dealkylation sites (N-methyl/N-ethyl adjacent to an activating group) is 1. The second kappa shape index (κ2) is 22.1. The number of carboxylic acids is 1. The van der Waals surface area contributed by atoms with Gasteiger partial charge in [-0.25, -0.2) is 0 Å². The largest absolute Gasteiger partial charge is 0.481 e. The number of allylic oxidation sites excluding steroid dienone is 2. The van der Waals surface area contributed by atoms with E-state index in [2.05, 4.69) is 19.1 Å². The molecule has 0 aliphatic rings. The number of unbranched alkanes of at least 4 members (excludes halogenated alkanes) is 15. The van der Waals surface area contributed by atoms with Crippen LogP contribution in [0.4, 0.5) is 0 Å². The van der Waals surface area contributed by atoms with E-state index < -0.39 is 12.1 Å². The van der Waals surface area contributed by atoms with Crippen LogP contribution in [0.3, 0.4) is 0 Å². The van der Waals surface area contributed by atoms with Gasteiger partial charge in [-0.2, -0.15) is 0 Å². The van der Waals surface area contributed by atoms with Gasteiger partial charge >= 0.3 is 11.9 Å². The summed E-state index contributed by atoms with van der Waals surface area (Å²) in [5, 5.41) is 9.04. The summed E-state index contributed by atoms with van der Waals surface area (Å²) in [6, 6.07) is 0. The molecule has 0 aliphatic carbocycles. The van der Waals surface area contributed by atoms with Crippen molar-refractivity contribution in [3.63, 3.8) is 0 Å². The Morgan fingerprint density at radius 3 is 1.62 bits per heavy atom. The van der Waals surface area contributed by atoms with Crippen LogP contribution in [0.5, 0.6) is 0 Å². The zero-order valence-corrected chi connectivity index (χ0v) is 23.0. The molecule has 0 aromatic rings. The van der Waals surface area contributed by atoms with Gasteiger partial charge in [0.1, 0.15) is 6.54 Å². The lowest BCUT2D eigenvalue weighted by atomic mass is 10.1. The van der Waals surface area contributed by atoms with Gasteiger partial charge in [-0.3, -0.25) is 9.59 Å². The minimum atomic E-state index is -0.925. The highest BCUT2D eigenvalue weighted by molar-refractivity contribution is 5.71. The Balaban J connectivity index is 3.52. The van der Waals surface area contributed by atoms with Gasteiger partial charge in [-0.05, 0) is 32.1 Å². The van der Waals surface area contributed by atoms with Crippen LogP contribution >= 0.6 is 0 Å². The number of carboxylic acid groups (broad SMARTS) is 1. The average molecular weight is 483 g/mol. The van der Waals surface area contributed by atoms with Gasteiger partial charge in [-0.1, -0.05) is 96.1 Å². The van der Waals surface area contributed by atoms with Crippen LogP contribution in [0.1, 0.15) is 129 Å². The Hall–Kier alpha value is -1.36. The Labute approximate surface area is 210 Å². The minimum absolute atomic E-state index is 0.128. The summed E-state index contributed by atoms with van der Waals surface area (Å²) in [4.78, 5) is 23.1. The van der Waals surface area contributed by atoms with Crippen LogP contribution in [0, 0.1) is 0 Å². The average Bonchev–Trinajstić information content (AvgIpc) is 2.73. The maximum atomic E-state index is 12.1. The number of rotatable bonds is 24. The first kappa shape index (κ1) is 32.6. The van der Waals surface area contributed by atoms with Gasteiger partial charge in [0, 0.05) is 6.42 Å². The Bertz CT molecular complexity index is 525. The van der Waals surface area contributed by atoms with Crippen molar-refractivity contribution < 1.29 is 23.9 Å². The van der Waals surface area contributed by atoms with Crippen molar-refractivity contribution in [2.24, 2.45) is 0 Å². The van der Waals surface area contributed by atoms with Crippen LogP contribution in [-0.4, -0.2) is 55.3 Å². The standard InChI is InChI=1S/C29H55NO4/c1-5-6-7-8-9-10-11-12-13-14-15-16-17-18-19-20-21-22-23-24-29(33)34-27(25-28(31)32)26-30(2,3)4/h12-13,27H,5-11,14-26H2,1-4H3/p+1/b13-12+/t27-/m1/s1. The third kappa shape index (κ3) is 25.3. The number of hydrogen-bond acceptors (Lipinski definition) is 3. The first-order chi connectivity index (χ1) is 16.2. The normalized spacial score (nSPS) is 12.8. The van der Waals surface area contributed by atoms with Crippen molar-refractivity contribution in [2.75, 3.05) is 27.7 Å². The SMILES string of the molecule is CCCCCCCC/C=C/CCCCCCCCCCCC(=O)O[C@H](CC(=O)O)C[N+](C)(C)C. The van der Waals surface area contributed by atoms with E-state index in [9.17, 15) is 9.59 Å². The predicted octanol–water partition coefficient (Wildman–Crippen LogP) is 7.68. The summed E-state index contributed by atoms with van der Waals surface area (Å²) in [6.07, 6.45) is 26.0. The molecule has 1 N–H and O–H groups in total. The first-order valence-corrected chi connectivity index (χ1v) is 14.1.